The number of benzene rings is 2. The smallest absolute Gasteiger partial charge is 0.191 e. The van der Waals surface area contributed by atoms with E-state index in [2.05, 4.69) is 70.4 Å². The van der Waals surface area contributed by atoms with Gasteiger partial charge >= 0.3 is 0 Å². The normalized spacial score (nSPS) is 15.6. The fourth-order valence-corrected chi connectivity index (χ4v) is 3.73. The van der Waals surface area contributed by atoms with E-state index in [1.807, 2.05) is 4.68 Å². The van der Waals surface area contributed by atoms with Crippen LogP contribution >= 0.6 is 0 Å². The van der Waals surface area contributed by atoms with Crippen molar-refractivity contribution >= 4 is 5.96 Å². The number of nitrogens with two attached hydrogens (primary N) is 1. The molecule has 1 fully saturated rings. The SMILES string of the molecule is CC1CCN(C(N)=NCc2ccccc2-c2ccc(Cn3cncn3)cc2)CC1. The van der Waals surface area contributed by atoms with Crippen LogP contribution < -0.4 is 5.73 Å². The highest BCUT2D eigenvalue weighted by atomic mass is 15.3. The van der Waals surface area contributed by atoms with Crippen LogP contribution in [0.1, 0.15) is 30.9 Å². The third-order valence-electron chi connectivity index (χ3n) is 5.61. The average Bonchev–Trinajstić information content (AvgIpc) is 3.26. The molecule has 4 rings (SSSR count). The Bertz CT molecular complexity index is 938. The molecule has 1 saturated heterocycles. The van der Waals surface area contributed by atoms with Crippen LogP contribution in [0.15, 0.2) is 66.2 Å². The molecule has 0 unspecified atom stereocenters. The predicted molar refractivity (Wildman–Crippen MR) is 116 cm³/mol. The monoisotopic (exact) mass is 388 g/mol. The van der Waals surface area contributed by atoms with E-state index in [0.717, 1.165) is 25.6 Å². The second-order valence-electron chi connectivity index (χ2n) is 7.79. The van der Waals surface area contributed by atoms with Crippen molar-refractivity contribution in [1.82, 2.24) is 19.7 Å². The van der Waals surface area contributed by atoms with Crippen LogP contribution in [0.2, 0.25) is 0 Å². The maximum atomic E-state index is 6.28. The average molecular weight is 389 g/mol. The van der Waals surface area contributed by atoms with Gasteiger partial charge in [0.25, 0.3) is 0 Å². The van der Waals surface area contributed by atoms with Gasteiger partial charge in [0, 0.05) is 13.1 Å². The molecule has 0 amide bonds. The molecule has 2 N–H and O–H groups in total. The van der Waals surface area contributed by atoms with E-state index < -0.39 is 0 Å². The lowest BCUT2D eigenvalue weighted by Crippen LogP contribution is -2.42. The molecule has 1 aliphatic rings. The van der Waals surface area contributed by atoms with Crippen LogP contribution in [-0.2, 0) is 13.1 Å². The summed E-state index contributed by atoms with van der Waals surface area (Å²) in [5, 5.41) is 4.16. The lowest BCUT2D eigenvalue weighted by Gasteiger charge is -2.31. The van der Waals surface area contributed by atoms with Crippen molar-refractivity contribution in [2.45, 2.75) is 32.9 Å². The number of aliphatic imine (C=N–C) groups is 1. The predicted octanol–water partition coefficient (Wildman–Crippen LogP) is 3.54. The number of aromatic nitrogens is 3. The minimum absolute atomic E-state index is 0.592. The van der Waals surface area contributed by atoms with Crippen LogP contribution in [0.25, 0.3) is 11.1 Å². The maximum Gasteiger partial charge on any atom is 0.191 e. The molecule has 1 aliphatic heterocycles. The van der Waals surface area contributed by atoms with Gasteiger partial charge in [-0.25, -0.2) is 14.7 Å². The molecule has 6 nitrogen and oxygen atoms in total. The molecule has 1 aromatic heterocycles. The molecule has 0 atom stereocenters. The van der Waals surface area contributed by atoms with Crippen LogP contribution in [0, 0.1) is 5.92 Å². The quantitative estimate of drug-likeness (QED) is 0.536. The molecule has 0 radical (unpaired) electrons. The Morgan fingerprint density at radius 3 is 2.59 bits per heavy atom. The minimum Gasteiger partial charge on any atom is -0.370 e. The van der Waals surface area contributed by atoms with Gasteiger partial charge in [-0.15, -0.1) is 0 Å². The van der Waals surface area contributed by atoms with E-state index in [0.29, 0.717) is 12.5 Å². The number of guanidine groups is 1. The molecule has 2 aromatic carbocycles. The number of likely N-dealkylation sites (tertiary alicyclic amines) is 1. The Kier molecular flexibility index (Phi) is 5.89. The highest BCUT2D eigenvalue weighted by Gasteiger charge is 2.17. The summed E-state index contributed by atoms with van der Waals surface area (Å²) < 4.78 is 1.82. The van der Waals surface area contributed by atoms with E-state index in [4.69, 9.17) is 10.7 Å². The highest BCUT2D eigenvalue weighted by Crippen LogP contribution is 2.25. The topological polar surface area (TPSA) is 72.3 Å². The first-order chi connectivity index (χ1) is 14.2. The zero-order valence-corrected chi connectivity index (χ0v) is 16.9. The number of nitrogens with zero attached hydrogens (tertiary/aromatic N) is 5. The van der Waals surface area contributed by atoms with Gasteiger partial charge in [-0.3, -0.25) is 0 Å². The van der Waals surface area contributed by atoms with Crippen molar-refractivity contribution in [3.8, 4) is 11.1 Å². The van der Waals surface area contributed by atoms with Crippen molar-refractivity contribution in [2.24, 2.45) is 16.6 Å². The summed E-state index contributed by atoms with van der Waals surface area (Å²) >= 11 is 0. The highest BCUT2D eigenvalue weighted by molar-refractivity contribution is 5.78. The molecule has 0 bridgehead atoms. The molecule has 0 saturated carbocycles. The minimum atomic E-state index is 0.592. The van der Waals surface area contributed by atoms with Gasteiger partial charge in [0.1, 0.15) is 12.7 Å². The Hall–Kier alpha value is -3.15. The molecule has 150 valence electrons. The number of hydrogen-bond acceptors (Lipinski definition) is 3. The van der Waals surface area contributed by atoms with Crippen molar-refractivity contribution in [1.29, 1.82) is 0 Å². The summed E-state index contributed by atoms with van der Waals surface area (Å²) in [6, 6.07) is 17.0. The number of hydrogen-bond donors (Lipinski definition) is 1. The van der Waals surface area contributed by atoms with Gasteiger partial charge in [0.05, 0.1) is 13.1 Å². The molecular formula is C23H28N6. The van der Waals surface area contributed by atoms with E-state index in [-0.39, 0.29) is 0 Å². The van der Waals surface area contributed by atoms with Crippen molar-refractivity contribution in [2.75, 3.05) is 13.1 Å². The van der Waals surface area contributed by atoms with Crippen LogP contribution in [0.3, 0.4) is 0 Å². The Balaban J connectivity index is 1.47. The molecule has 29 heavy (non-hydrogen) atoms. The summed E-state index contributed by atoms with van der Waals surface area (Å²) in [5.74, 6) is 1.45. The van der Waals surface area contributed by atoms with Gasteiger partial charge < -0.3 is 10.6 Å². The second-order valence-corrected chi connectivity index (χ2v) is 7.79. The number of rotatable bonds is 5. The molecule has 0 spiro atoms. The number of piperidine rings is 1. The van der Waals surface area contributed by atoms with Gasteiger partial charge in [0.15, 0.2) is 5.96 Å². The van der Waals surface area contributed by atoms with Crippen LogP contribution in [-0.4, -0.2) is 38.7 Å². The largest absolute Gasteiger partial charge is 0.370 e. The van der Waals surface area contributed by atoms with Gasteiger partial charge in [-0.05, 0) is 41.0 Å². The maximum absolute atomic E-state index is 6.28. The second kappa shape index (κ2) is 8.90. The fourth-order valence-electron chi connectivity index (χ4n) is 3.73. The Labute approximate surface area is 172 Å². The Morgan fingerprint density at radius 2 is 1.86 bits per heavy atom. The molecular weight excluding hydrogens is 360 g/mol. The molecule has 6 heteroatoms. The van der Waals surface area contributed by atoms with Crippen LogP contribution in [0.5, 0.6) is 0 Å². The zero-order valence-electron chi connectivity index (χ0n) is 16.9. The van der Waals surface area contributed by atoms with E-state index in [9.17, 15) is 0 Å². The summed E-state index contributed by atoms with van der Waals surface area (Å²) in [7, 11) is 0. The summed E-state index contributed by atoms with van der Waals surface area (Å²) in [4.78, 5) is 10.9. The first-order valence-electron chi connectivity index (χ1n) is 10.2. The summed E-state index contributed by atoms with van der Waals surface area (Å²) in [6.45, 7) is 5.63. The zero-order chi connectivity index (χ0) is 20.1. The van der Waals surface area contributed by atoms with E-state index in [1.54, 1.807) is 12.7 Å². The van der Waals surface area contributed by atoms with Crippen molar-refractivity contribution in [3.63, 3.8) is 0 Å². The van der Waals surface area contributed by atoms with Crippen molar-refractivity contribution < 1.29 is 0 Å². The molecule has 3 aromatic rings. The molecule has 0 aliphatic carbocycles. The third kappa shape index (κ3) is 4.83. The Morgan fingerprint density at radius 1 is 1.10 bits per heavy atom. The van der Waals surface area contributed by atoms with Gasteiger partial charge in [-0.1, -0.05) is 55.5 Å². The first kappa shape index (κ1) is 19.2. The van der Waals surface area contributed by atoms with Gasteiger partial charge in [-0.2, -0.15) is 5.10 Å². The standard InChI is InChI=1S/C23H28N6/c1-18-10-12-28(13-11-18)23(24)26-14-21-4-2-3-5-22(21)20-8-6-19(7-9-20)15-29-17-25-16-27-29/h2-9,16-18H,10-15H2,1H3,(H2,24,26). The first-order valence-corrected chi connectivity index (χ1v) is 10.2. The van der Waals surface area contributed by atoms with Crippen LogP contribution in [0.4, 0.5) is 0 Å². The third-order valence-corrected chi connectivity index (χ3v) is 5.61. The van der Waals surface area contributed by atoms with E-state index in [1.165, 1.54) is 35.1 Å². The summed E-state index contributed by atoms with van der Waals surface area (Å²) in [6.07, 6.45) is 5.66. The molecule has 2 heterocycles. The lowest BCUT2D eigenvalue weighted by atomic mass is 9.98. The van der Waals surface area contributed by atoms with E-state index >= 15 is 0 Å². The lowest BCUT2D eigenvalue weighted by molar-refractivity contribution is 0.277. The van der Waals surface area contributed by atoms with Crippen molar-refractivity contribution in [3.05, 3.63) is 72.3 Å². The fraction of sp³-hybridized carbons (Fsp3) is 0.348. The summed E-state index contributed by atoms with van der Waals surface area (Å²) in [5.41, 5.74) is 11.0. The van der Waals surface area contributed by atoms with Gasteiger partial charge in [0.2, 0.25) is 0 Å².